The molecule has 2 nitrogen and oxygen atoms in total. The predicted octanol–water partition coefficient (Wildman–Crippen LogP) is 4.86. The molecular weight excluding hydrogens is 305 g/mol. The van der Waals surface area contributed by atoms with Crippen molar-refractivity contribution >= 4 is 34.8 Å². The third kappa shape index (κ3) is 3.44. The van der Waals surface area contributed by atoms with Gasteiger partial charge in [0, 0.05) is 17.6 Å². The first kappa shape index (κ1) is 18.1. The molecule has 1 aromatic carbocycles. The van der Waals surface area contributed by atoms with Crippen molar-refractivity contribution in [3.63, 3.8) is 0 Å². The smallest absolute Gasteiger partial charge is 0.236 e. The molecule has 0 aliphatic rings. The average molecular weight is 328 g/mol. The van der Waals surface area contributed by atoms with Gasteiger partial charge in [0.05, 0.1) is 10.8 Å². The number of carbonyl (C=O) groups is 1. The van der Waals surface area contributed by atoms with E-state index in [0.29, 0.717) is 13.0 Å². The summed E-state index contributed by atoms with van der Waals surface area (Å²) in [5.41, 5.74) is -0.00968. The van der Waals surface area contributed by atoms with Crippen LogP contribution in [0.2, 0.25) is 0 Å². The van der Waals surface area contributed by atoms with E-state index in [-0.39, 0.29) is 5.91 Å². The molecule has 1 amide bonds. The molecule has 4 heteroatoms. The maximum Gasteiger partial charge on any atom is 0.236 e. The molecular formula is C17H23Cl2NO. The van der Waals surface area contributed by atoms with Crippen LogP contribution in [0.3, 0.4) is 0 Å². The van der Waals surface area contributed by atoms with E-state index >= 15 is 0 Å². The Kier molecular flexibility index (Phi) is 6.76. The van der Waals surface area contributed by atoms with Crippen LogP contribution in [0.1, 0.15) is 27.2 Å². The van der Waals surface area contributed by atoms with Crippen LogP contribution < -0.4 is 4.90 Å². The second kappa shape index (κ2) is 7.86. The number of nitrogens with zero attached hydrogens (tertiary/aromatic N) is 1. The Morgan fingerprint density at radius 3 is 2.29 bits per heavy atom. The predicted molar refractivity (Wildman–Crippen MR) is 92.3 cm³/mol. The number of allylic oxidation sites excluding steroid dienone is 1. The molecule has 0 spiro atoms. The maximum atomic E-state index is 13.2. The molecule has 21 heavy (non-hydrogen) atoms. The second-order valence-electron chi connectivity index (χ2n) is 5.03. The number of para-hydroxylation sites is 1. The summed E-state index contributed by atoms with van der Waals surface area (Å²) in [7, 11) is 0. The molecule has 0 saturated carbocycles. The molecule has 116 valence electrons. The van der Waals surface area contributed by atoms with Crippen molar-refractivity contribution in [2.75, 3.05) is 11.4 Å². The lowest BCUT2D eigenvalue weighted by atomic mass is 9.76. The summed E-state index contributed by atoms with van der Waals surface area (Å²) in [6.45, 7) is 10.0. The van der Waals surface area contributed by atoms with Crippen LogP contribution in [0, 0.1) is 5.41 Å². The lowest BCUT2D eigenvalue weighted by molar-refractivity contribution is -0.128. The Balaban J connectivity index is 3.29. The van der Waals surface area contributed by atoms with Crippen molar-refractivity contribution in [2.24, 2.45) is 5.41 Å². The minimum atomic E-state index is -0.864. The van der Waals surface area contributed by atoms with Gasteiger partial charge in [-0.05, 0) is 32.4 Å². The summed E-state index contributed by atoms with van der Waals surface area (Å²) < 4.78 is 0. The molecule has 3 unspecified atom stereocenters. The fourth-order valence-corrected chi connectivity index (χ4v) is 3.53. The monoisotopic (exact) mass is 327 g/mol. The Morgan fingerprint density at radius 2 is 1.90 bits per heavy atom. The van der Waals surface area contributed by atoms with Crippen LogP contribution in [0.25, 0.3) is 0 Å². The minimum absolute atomic E-state index is 0.0545. The summed E-state index contributed by atoms with van der Waals surface area (Å²) in [6.07, 6.45) is 2.15. The first-order chi connectivity index (χ1) is 9.95. The van der Waals surface area contributed by atoms with Gasteiger partial charge in [0.1, 0.15) is 0 Å². The third-order valence-electron chi connectivity index (χ3n) is 4.02. The Morgan fingerprint density at radius 1 is 1.33 bits per heavy atom. The van der Waals surface area contributed by atoms with Gasteiger partial charge in [-0.3, -0.25) is 4.79 Å². The Hall–Kier alpha value is -0.990. The van der Waals surface area contributed by atoms with Crippen LogP contribution >= 0.6 is 23.2 Å². The summed E-state index contributed by atoms with van der Waals surface area (Å²) in [6, 6.07) is 9.58. The van der Waals surface area contributed by atoms with E-state index in [4.69, 9.17) is 23.2 Å². The highest BCUT2D eigenvalue weighted by Crippen LogP contribution is 2.41. The number of amides is 1. The molecule has 0 aromatic heterocycles. The van der Waals surface area contributed by atoms with Gasteiger partial charge < -0.3 is 4.90 Å². The second-order valence-corrected chi connectivity index (χ2v) is 6.16. The van der Waals surface area contributed by atoms with Gasteiger partial charge in [-0.25, -0.2) is 0 Å². The van der Waals surface area contributed by atoms with E-state index in [1.807, 2.05) is 51.1 Å². The fraction of sp³-hybridized carbons (Fsp3) is 0.471. The van der Waals surface area contributed by atoms with E-state index in [1.165, 1.54) is 0 Å². The topological polar surface area (TPSA) is 20.3 Å². The van der Waals surface area contributed by atoms with Crippen molar-refractivity contribution < 1.29 is 4.79 Å². The average Bonchev–Trinajstić information content (AvgIpc) is 2.49. The molecule has 0 bridgehead atoms. The number of alkyl halides is 2. The highest BCUT2D eigenvalue weighted by molar-refractivity contribution is 6.28. The van der Waals surface area contributed by atoms with Gasteiger partial charge in [-0.15, -0.1) is 29.8 Å². The SMILES string of the molecule is C=CC(Cl)C(CC)(C(=O)N(CC)c1ccccc1)C(C)Cl. The van der Waals surface area contributed by atoms with Crippen molar-refractivity contribution in [1.29, 1.82) is 0 Å². The molecule has 0 aliphatic carbocycles. The van der Waals surface area contributed by atoms with E-state index in [0.717, 1.165) is 5.69 Å². The van der Waals surface area contributed by atoms with Crippen LogP contribution in [-0.4, -0.2) is 23.2 Å². The molecule has 0 N–H and O–H groups in total. The van der Waals surface area contributed by atoms with Crippen molar-refractivity contribution in [2.45, 2.75) is 37.9 Å². The number of halogens is 2. The molecule has 0 fully saturated rings. The fourth-order valence-electron chi connectivity index (χ4n) is 2.65. The normalized spacial score (nSPS) is 16.6. The van der Waals surface area contributed by atoms with Crippen LogP contribution in [0.4, 0.5) is 5.69 Å². The van der Waals surface area contributed by atoms with Crippen molar-refractivity contribution in [3.8, 4) is 0 Å². The van der Waals surface area contributed by atoms with Gasteiger partial charge >= 0.3 is 0 Å². The van der Waals surface area contributed by atoms with Crippen molar-refractivity contribution in [1.82, 2.24) is 0 Å². The number of rotatable bonds is 7. The Labute approximate surface area is 137 Å². The van der Waals surface area contributed by atoms with Gasteiger partial charge in [0.15, 0.2) is 0 Å². The summed E-state index contributed by atoms with van der Waals surface area (Å²) in [4.78, 5) is 14.9. The first-order valence-electron chi connectivity index (χ1n) is 7.23. The van der Waals surface area contributed by atoms with Gasteiger partial charge in [0.25, 0.3) is 0 Å². The van der Waals surface area contributed by atoms with Gasteiger partial charge in [-0.2, -0.15) is 0 Å². The van der Waals surface area contributed by atoms with E-state index in [2.05, 4.69) is 6.58 Å². The zero-order chi connectivity index (χ0) is 16.0. The van der Waals surface area contributed by atoms with Crippen LogP contribution in [0.5, 0.6) is 0 Å². The molecule has 0 saturated heterocycles. The molecule has 0 heterocycles. The number of anilines is 1. The number of hydrogen-bond donors (Lipinski definition) is 0. The van der Waals surface area contributed by atoms with Gasteiger partial charge in [0.2, 0.25) is 5.91 Å². The summed E-state index contributed by atoms with van der Waals surface area (Å²) in [5, 5.41) is -0.909. The standard InChI is InChI=1S/C17H23Cl2NO/c1-5-15(19)17(6-2,13(4)18)16(21)20(7-3)14-11-9-8-10-12-14/h5,8-13,15H,1,6-7H2,2-4H3. The molecule has 3 atom stereocenters. The minimum Gasteiger partial charge on any atom is -0.312 e. The van der Waals surface area contributed by atoms with Crippen LogP contribution in [0.15, 0.2) is 43.0 Å². The van der Waals surface area contributed by atoms with Crippen LogP contribution in [-0.2, 0) is 4.79 Å². The molecule has 1 aromatic rings. The number of hydrogen-bond acceptors (Lipinski definition) is 1. The number of carbonyl (C=O) groups excluding carboxylic acids is 1. The third-order valence-corrected chi connectivity index (χ3v) is 4.98. The Bertz CT molecular complexity index is 475. The van der Waals surface area contributed by atoms with E-state index in [1.54, 1.807) is 11.0 Å². The zero-order valence-electron chi connectivity index (χ0n) is 12.9. The lowest BCUT2D eigenvalue weighted by Crippen LogP contribution is -2.52. The highest BCUT2D eigenvalue weighted by Gasteiger charge is 2.48. The zero-order valence-corrected chi connectivity index (χ0v) is 14.4. The maximum absolute atomic E-state index is 13.2. The van der Waals surface area contributed by atoms with Crippen molar-refractivity contribution in [3.05, 3.63) is 43.0 Å². The van der Waals surface area contributed by atoms with E-state index in [9.17, 15) is 4.79 Å². The quantitative estimate of drug-likeness (QED) is 0.517. The molecule has 0 radical (unpaired) electrons. The van der Waals surface area contributed by atoms with Gasteiger partial charge in [-0.1, -0.05) is 31.2 Å². The molecule has 0 aliphatic heterocycles. The molecule has 1 rings (SSSR count). The lowest BCUT2D eigenvalue weighted by Gasteiger charge is -2.40. The van der Waals surface area contributed by atoms with E-state index < -0.39 is 16.2 Å². The highest BCUT2D eigenvalue weighted by atomic mass is 35.5. The summed E-state index contributed by atoms with van der Waals surface area (Å²) in [5.74, 6) is -0.0545. The first-order valence-corrected chi connectivity index (χ1v) is 8.10. The largest absolute Gasteiger partial charge is 0.312 e. The number of benzene rings is 1. The summed E-state index contributed by atoms with van der Waals surface area (Å²) >= 11 is 12.8.